The molecule has 0 aromatic heterocycles. The highest BCUT2D eigenvalue weighted by atomic mass is 35.5. The van der Waals surface area contributed by atoms with Crippen LogP contribution in [0.2, 0.25) is 5.02 Å². The number of halogens is 1. The fourth-order valence-corrected chi connectivity index (χ4v) is 5.68. The number of hydrogen-bond acceptors (Lipinski definition) is 4. The molecule has 0 spiro atoms. The molecule has 0 unspecified atom stereocenters. The van der Waals surface area contributed by atoms with Crippen LogP contribution in [0, 0.1) is 19.8 Å². The molecule has 6 nitrogen and oxygen atoms in total. The minimum atomic E-state index is -3.78. The van der Waals surface area contributed by atoms with Crippen LogP contribution in [0.1, 0.15) is 41.3 Å². The van der Waals surface area contributed by atoms with Crippen LogP contribution in [-0.2, 0) is 10.0 Å². The minimum absolute atomic E-state index is 0.0244. The number of hydrogen-bond donors (Lipinski definition) is 3. The van der Waals surface area contributed by atoms with E-state index in [0.717, 1.165) is 31.5 Å². The number of amides is 1. The van der Waals surface area contributed by atoms with E-state index in [0.29, 0.717) is 16.8 Å². The highest BCUT2D eigenvalue weighted by Gasteiger charge is 2.27. The van der Waals surface area contributed by atoms with Crippen LogP contribution in [0.25, 0.3) is 0 Å². The Balaban J connectivity index is 1.79. The van der Waals surface area contributed by atoms with Gasteiger partial charge >= 0.3 is 0 Å². The Morgan fingerprint density at radius 2 is 1.80 bits per heavy atom. The number of aryl methyl sites for hydroxylation is 1. The molecule has 0 aliphatic carbocycles. The minimum Gasteiger partial charge on any atom is -0.322 e. The number of carbonyl (C=O) groups is 1. The molecule has 1 amide bonds. The first-order chi connectivity index (χ1) is 14.2. The molecule has 8 heteroatoms. The lowest BCUT2D eigenvalue weighted by molar-refractivity contribution is 0.102. The van der Waals surface area contributed by atoms with E-state index in [-0.39, 0.29) is 27.8 Å². The van der Waals surface area contributed by atoms with Crippen molar-refractivity contribution in [3.8, 4) is 0 Å². The molecule has 1 heterocycles. The zero-order chi connectivity index (χ0) is 21.9. The van der Waals surface area contributed by atoms with Gasteiger partial charge in [0.05, 0.1) is 5.02 Å². The maximum Gasteiger partial charge on any atom is 0.255 e. The van der Waals surface area contributed by atoms with Gasteiger partial charge in [-0.25, -0.2) is 13.1 Å². The number of carbonyl (C=O) groups excluding carboxylic acids is 1. The second-order valence-corrected chi connectivity index (χ2v) is 9.88. The van der Waals surface area contributed by atoms with Crippen molar-refractivity contribution in [1.82, 2.24) is 10.0 Å². The van der Waals surface area contributed by atoms with Crippen LogP contribution in [0.5, 0.6) is 0 Å². The molecule has 3 rings (SSSR count). The molecule has 2 aromatic carbocycles. The molecule has 1 atom stereocenters. The molecule has 162 valence electrons. The second-order valence-electron chi connectivity index (χ2n) is 7.82. The Labute approximate surface area is 183 Å². The Morgan fingerprint density at radius 1 is 1.13 bits per heavy atom. The molecule has 0 saturated carbocycles. The molecule has 3 N–H and O–H groups in total. The lowest BCUT2D eigenvalue weighted by atomic mass is 9.92. The summed E-state index contributed by atoms with van der Waals surface area (Å²) >= 11 is 6.43. The second kappa shape index (κ2) is 9.47. The maximum atomic E-state index is 13.0. The molecule has 0 radical (unpaired) electrons. The predicted octanol–water partition coefficient (Wildman–Crippen LogP) is 3.88. The Bertz CT molecular complexity index is 1030. The summed E-state index contributed by atoms with van der Waals surface area (Å²) in [5.74, 6) is 0.0223. The fourth-order valence-electron chi connectivity index (χ4n) is 3.77. The van der Waals surface area contributed by atoms with Crippen LogP contribution in [0.3, 0.4) is 0 Å². The van der Waals surface area contributed by atoms with E-state index in [1.54, 1.807) is 25.1 Å². The van der Waals surface area contributed by atoms with Crippen LogP contribution >= 0.6 is 11.6 Å². The van der Waals surface area contributed by atoms with Crippen LogP contribution in [0.15, 0.2) is 41.3 Å². The average molecular weight is 450 g/mol. The molecule has 2 aromatic rings. The first-order valence-electron chi connectivity index (χ1n) is 10.1. The number of rotatable bonds is 6. The van der Waals surface area contributed by atoms with Gasteiger partial charge in [-0.1, -0.05) is 29.8 Å². The summed E-state index contributed by atoms with van der Waals surface area (Å²) in [4.78, 5) is 12.6. The van der Waals surface area contributed by atoms with Crippen molar-refractivity contribution in [3.63, 3.8) is 0 Å². The number of anilines is 1. The van der Waals surface area contributed by atoms with Gasteiger partial charge in [-0.15, -0.1) is 0 Å². The molecule has 1 aliphatic heterocycles. The van der Waals surface area contributed by atoms with E-state index >= 15 is 0 Å². The van der Waals surface area contributed by atoms with Gasteiger partial charge in [-0.05, 0) is 81.9 Å². The van der Waals surface area contributed by atoms with Gasteiger partial charge in [-0.2, -0.15) is 0 Å². The van der Waals surface area contributed by atoms with Crippen molar-refractivity contribution >= 4 is 33.2 Å². The SMILES string of the molecule is Cc1ccccc1C(=O)Nc1ccc(S(=O)(=O)N[C@H](C)C2CCNCC2)c(Cl)c1C. The standard InChI is InChI=1S/C22H28ClN3O3S/c1-14-6-4-5-7-18(14)22(27)25-19-8-9-20(21(23)15(19)2)30(28,29)26-16(3)17-10-12-24-13-11-17/h4-9,16-17,24,26H,10-13H2,1-3H3,(H,25,27)/t16-/m1/s1. The molecule has 1 fully saturated rings. The lowest BCUT2D eigenvalue weighted by Gasteiger charge is -2.28. The van der Waals surface area contributed by atoms with E-state index < -0.39 is 10.0 Å². The van der Waals surface area contributed by atoms with Gasteiger partial charge < -0.3 is 10.6 Å². The summed E-state index contributed by atoms with van der Waals surface area (Å²) in [5, 5.41) is 6.23. The molecular formula is C22H28ClN3O3S. The number of sulfonamides is 1. The van der Waals surface area contributed by atoms with Gasteiger partial charge in [0.2, 0.25) is 10.0 Å². The Hall–Kier alpha value is -1.93. The van der Waals surface area contributed by atoms with Gasteiger partial charge in [0.25, 0.3) is 5.91 Å². The molecule has 1 saturated heterocycles. The van der Waals surface area contributed by atoms with Gasteiger partial charge in [0.15, 0.2) is 0 Å². The summed E-state index contributed by atoms with van der Waals surface area (Å²) in [6, 6.07) is 10.1. The summed E-state index contributed by atoms with van der Waals surface area (Å²) in [6.07, 6.45) is 1.86. The van der Waals surface area contributed by atoms with Crippen LogP contribution in [-0.4, -0.2) is 33.5 Å². The maximum absolute atomic E-state index is 13.0. The monoisotopic (exact) mass is 449 g/mol. The molecule has 1 aliphatic rings. The quantitative estimate of drug-likeness (QED) is 0.624. The molecular weight excluding hydrogens is 422 g/mol. The summed E-state index contributed by atoms with van der Waals surface area (Å²) in [5.41, 5.74) is 2.41. The third kappa shape index (κ3) is 5.03. The van der Waals surface area contributed by atoms with Crippen molar-refractivity contribution in [2.75, 3.05) is 18.4 Å². The summed E-state index contributed by atoms with van der Waals surface area (Å²) < 4.78 is 28.7. The zero-order valence-corrected chi connectivity index (χ0v) is 19.0. The average Bonchev–Trinajstić information content (AvgIpc) is 2.72. The van der Waals surface area contributed by atoms with E-state index in [9.17, 15) is 13.2 Å². The molecule has 30 heavy (non-hydrogen) atoms. The van der Waals surface area contributed by atoms with E-state index in [1.807, 2.05) is 26.0 Å². The highest BCUT2D eigenvalue weighted by Crippen LogP contribution is 2.31. The van der Waals surface area contributed by atoms with Crippen molar-refractivity contribution < 1.29 is 13.2 Å². The van der Waals surface area contributed by atoms with Crippen LogP contribution < -0.4 is 15.4 Å². The lowest BCUT2D eigenvalue weighted by Crippen LogP contribution is -2.42. The predicted molar refractivity (Wildman–Crippen MR) is 121 cm³/mol. The number of piperidine rings is 1. The number of nitrogens with one attached hydrogen (secondary N) is 3. The van der Waals surface area contributed by atoms with Gasteiger partial charge in [0.1, 0.15) is 4.90 Å². The fraction of sp³-hybridized carbons (Fsp3) is 0.409. The van der Waals surface area contributed by atoms with Crippen molar-refractivity contribution in [2.24, 2.45) is 5.92 Å². The first-order valence-corrected chi connectivity index (χ1v) is 12.0. The third-order valence-electron chi connectivity index (χ3n) is 5.71. The molecule has 0 bridgehead atoms. The first kappa shape index (κ1) is 22.7. The largest absolute Gasteiger partial charge is 0.322 e. The topological polar surface area (TPSA) is 87.3 Å². The van der Waals surface area contributed by atoms with Gasteiger partial charge in [0, 0.05) is 17.3 Å². The highest BCUT2D eigenvalue weighted by molar-refractivity contribution is 7.89. The normalized spacial score (nSPS) is 16.3. The van der Waals surface area contributed by atoms with Crippen molar-refractivity contribution in [2.45, 2.75) is 44.6 Å². The Kier molecular flexibility index (Phi) is 7.18. The third-order valence-corrected chi connectivity index (χ3v) is 7.91. The zero-order valence-electron chi connectivity index (χ0n) is 17.5. The van der Waals surface area contributed by atoms with Crippen LogP contribution in [0.4, 0.5) is 5.69 Å². The van der Waals surface area contributed by atoms with E-state index in [4.69, 9.17) is 11.6 Å². The van der Waals surface area contributed by atoms with Gasteiger partial charge in [-0.3, -0.25) is 4.79 Å². The van der Waals surface area contributed by atoms with E-state index in [1.165, 1.54) is 6.07 Å². The van der Waals surface area contributed by atoms with E-state index in [2.05, 4.69) is 15.4 Å². The summed E-state index contributed by atoms with van der Waals surface area (Å²) in [7, 11) is -3.78. The smallest absolute Gasteiger partial charge is 0.255 e. The van der Waals surface area contributed by atoms with Crippen molar-refractivity contribution in [3.05, 3.63) is 58.1 Å². The Morgan fingerprint density at radius 3 is 2.47 bits per heavy atom. The van der Waals surface area contributed by atoms with Crippen molar-refractivity contribution in [1.29, 1.82) is 0 Å². The summed E-state index contributed by atoms with van der Waals surface area (Å²) in [6.45, 7) is 7.24. The number of benzene rings is 2.